The van der Waals surface area contributed by atoms with Crippen LogP contribution in [-0.4, -0.2) is 25.0 Å². The highest BCUT2D eigenvalue weighted by Gasteiger charge is 2.12. The molecule has 0 aliphatic carbocycles. The van der Waals surface area contributed by atoms with E-state index in [-0.39, 0.29) is 12.6 Å². The Bertz CT molecular complexity index is 509. The molecule has 0 radical (unpaired) electrons. The second-order valence-corrected chi connectivity index (χ2v) is 5.42. The van der Waals surface area contributed by atoms with Crippen molar-refractivity contribution >= 4 is 35.1 Å². The van der Waals surface area contributed by atoms with Crippen LogP contribution in [0.2, 0.25) is 10.0 Å². The summed E-state index contributed by atoms with van der Waals surface area (Å²) < 4.78 is 0. The summed E-state index contributed by atoms with van der Waals surface area (Å²) in [6.07, 6.45) is 0.811. The molecule has 7 heteroatoms. The van der Waals surface area contributed by atoms with Crippen molar-refractivity contribution in [2.24, 2.45) is 0 Å². The predicted octanol–water partition coefficient (Wildman–Crippen LogP) is 2.88. The highest BCUT2D eigenvalue weighted by Crippen LogP contribution is 2.25. The number of hydrogen-bond donors (Lipinski definition) is 3. The molecule has 0 aliphatic rings. The monoisotopic (exact) mass is 331 g/mol. The van der Waals surface area contributed by atoms with Gasteiger partial charge in [0.05, 0.1) is 6.54 Å². The summed E-state index contributed by atoms with van der Waals surface area (Å²) in [6.45, 7) is 4.35. The van der Waals surface area contributed by atoms with E-state index in [1.165, 1.54) is 0 Å². The molecule has 5 nitrogen and oxygen atoms in total. The minimum absolute atomic E-state index is 0.0136. The van der Waals surface area contributed by atoms with E-state index < -0.39 is 11.9 Å². The number of imide groups is 1. The molecule has 1 aromatic rings. The standard InChI is InChI=1S/C14H19Cl2N3O2/c1-3-6-17-14(21)19-13(20)8-18-9(2)11-5-4-10(15)7-12(11)16/h4-5,7,9,18H,3,6,8H2,1-2H3,(H2,17,19,20,21)/t9-/m1/s1. The van der Waals surface area contributed by atoms with Gasteiger partial charge in [0.15, 0.2) is 0 Å². The van der Waals surface area contributed by atoms with Crippen LogP contribution in [0.3, 0.4) is 0 Å². The molecular weight excluding hydrogens is 313 g/mol. The number of nitrogens with one attached hydrogen (secondary N) is 3. The van der Waals surface area contributed by atoms with Crippen molar-refractivity contribution in [3.8, 4) is 0 Å². The lowest BCUT2D eigenvalue weighted by Gasteiger charge is -2.15. The lowest BCUT2D eigenvalue weighted by atomic mass is 10.1. The van der Waals surface area contributed by atoms with Crippen LogP contribution in [0, 0.1) is 0 Å². The van der Waals surface area contributed by atoms with E-state index >= 15 is 0 Å². The third kappa shape index (κ3) is 6.33. The van der Waals surface area contributed by atoms with Gasteiger partial charge in [-0.25, -0.2) is 4.79 Å². The molecule has 0 aromatic heterocycles. The molecule has 0 unspecified atom stereocenters. The Morgan fingerprint density at radius 3 is 2.62 bits per heavy atom. The van der Waals surface area contributed by atoms with Crippen LogP contribution in [0.1, 0.15) is 31.9 Å². The van der Waals surface area contributed by atoms with E-state index in [9.17, 15) is 9.59 Å². The Hall–Kier alpha value is -1.30. The number of hydrogen-bond acceptors (Lipinski definition) is 3. The second-order valence-electron chi connectivity index (χ2n) is 4.57. The van der Waals surface area contributed by atoms with Gasteiger partial charge in [0, 0.05) is 22.6 Å². The molecule has 0 saturated carbocycles. The number of benzene rings is 1. The lowest BCUT2D eigenvalue weighted by Crippen LogP contribution is -2.43. The molecule has 0 bridgehead atoms. The van der Waals surface area contributed by atoms with E-state index in [0.29, 0.717) is 16.6 Å². The van der Waals surface area contributed by atoms with Crippen LogP contribution in [0.15, 0.2) is 18.2 Å². The Labute approximate surface area is 134 Å². The summed E-state index contributed by atoms with van der Waals surface area (Å²) in [6, 6.07) is 4.56. The number of halogens is 2. The maximum Gasteiger partial charge on any atom is 0.321 e. The summed E-state index contributed by atoms with van der Waals surface area (Å²) >= 11 is 11.9. The van der Waals surface area contributed by atoms with Gasteiger partial charge in [-0.2, -0.15) is 0 Å². The largest absolute Gasteiger partial charge is 0.338 e. The Morgan fingerprint density at radius 2 is 2.00 bits per heavy atom. The number of carbonyl (C=O) groups is 2. The van der Waals surface area contributed by atoms with Gasteiger partial charge in [0.25, 0.3) is 0 Å². The topological polar surface area (TPSA) is 70.2 Å². The summed E-state index contributed by atoms with van der Waals surface area (Å²) in [5.41, 5.74) is 0.837. The van der Waals surface area contributed by atoms with Crippen molar-refractivity contribution in [1.29, 1.82) is 0 Å². The molecule has 0 heterocycles. The van der Waals surface area contributed by atoms with E-state index in [1.807, 2.05) is 13.8 Å². The van der Waals surface area contributed by atoms with Crippen LogP contribution >= 0.6 is 23.2 Å². The highest BCUT2D eigenvalue weighted by atomic mass is 35.5. The van der Waals surface area contributed by atoms with Gasteiger partial charge in [-0.3, -0.25) is 10.1 Å². The highest BCUT2D eigenvalue weighted by molar-refractivity contribution is 6.35. The average molecular weight is 332 g/mol. The van der Waals surface area contributed by atoms with Gasteiger partial charge in [-0.1, -0.05) is 36.2 Å². The first kappa shape index (κ1) is 17.8. The molecule has 0 fully saturated rings. The Morgan fingerprint density at radius 1 is 1.29 bits per heavy atom. The maximum atomic E-state index is 11.6. The molecule has 3 N–H and O–H groups in total. The van der Waals surface area contributed by atoms with Crippen molar-refractivity contribution in [1.82, 2.24) is 16.0 Å². The first-order valence-corrected chi connectivity index (χ1v) is 7.45. The van der Waals surface area contributed by atoms with Gasteiger partial charge in [-0.05, 0) is 31.0 Å². The van der Waals surface area contributed by atoms with Crippen molar-refractivity contribution in [2.45, 2.75) is 26.3 Å². The number of carbonyl (C=O) groups excluding carboxylic acids is 2. The number of rotatable bonds is 6. The van der Waals surface area contributed by atoms with E-state index in [1.54, 1.807) is 18.2 Å². The Kier molecular flexibility index (Phi) is 7.50. The molecule has 21 heavy (non-hydrogen) atoms. The van der Waals surface area contributed by atoms with Gasteiger partial charge >= 0.3 is 6.03 Å². The first-order valence-electron chi connectivity index (χ1n) is 6.70. The van der Waals surface area contributed by atoms with Gasteiger partial charge in [-0.15, -0.1) is 0 Å². The summed E-state index contributed by atoms with van der Waals surface area (Å²) in [5, 5.41) is 8.89. The van der Waals surface area contributed by atoms with E-state index in [4.69, 9.17) is 23.2 Å². The molecule has 1 rings (SSSR count). The summed E-state index contributed by atoms with van der Waals surface area (Å²) in [4.78, 5) is 22.9. The first-order chi connectivity index (χ1) is 9.93. The normalized spacial score (nSPS) is 11.8. The van der Waals surface area contributed by atoms with Crippen LogP contribution in [0.4, 0.5) is 4.79 Å². The molecule has 1 atom stereocenters. The molecule has 0 aliphatic heterocycles. The van der Waals surface area contributed by atoms with E-state index in [2.05, 4.69) is 16.0 Å². The lowest BCUT2D eigenvalue weighted by molar-refractivity contribution is -0.119. The number of urea groups is 1. The average Bonchev–Trinajstić information content (AvgIpc) is 2.42. The molecule has 116 valence electrons. The third-order valence-corrected chi connectivity index (χ3v) is 3.35. The number of amides is 3. The zero-order valence-electron chi connectivity index (χ0n) is 12.0. The minimum atomic E-state index is -0.485. The minimum Gasteiger partial charge on any atom is -0.338 e. The fourth-order valence-corrected chi connectivity index (χ4v) is 2.23. The quantitative estimate of drug-likeness (QED) is 0.750. The molecule has 1 aromatic carbocycles. The van der Waals surface area contributed by atoms with Crippen molar-refractivity contribution in [3.05, 3.63) is 33.8 Å². The molecule has 3 amide bonds. The van der Waals surface area contributed by atoms with Crippen molar-refractivity contribution in [2.75, 3.05) is 13.1 Å². The summed E-state index contributed by atoms with van der Waals surface area (Å²) in [5.74, 6) is -0.402. The van der Waals surface area contributed by atoms with Gasteiger partial charge in [0.1, 0.15) is 0 Å². The zero-order chi connectivity index (χ0) is 15.8. The molecular formula is C14H19Cl2N3O2. The molecule has 0 spiro atoms. The second kappa shape index (κ2) is 8.87. The van der Waals surface area contributed by atoms with Gasteiger partial charge in [0.2, 0.25) is 5.91 Å². The van der Waals surface area contributed by atoms with Crippen LogP contribution in [0.5, 0.6) is 0 Å². The smallest absolute Gasteiger partial charge is 0.321 e. The maximum absolute atomic E-state index is 11.6. The fourth-order valence-electron chi connectivity index (χ4n) is 1.66. The van der Waals surface area contributed by atoms with Crippen LogP contribution < -0.4 is 16.0 Å². The van der Waals surface area contributed by atoms with Crippen molar-refractivity contribution in [3.63, 3.8) is 0 Å². The summed E-state index contributed by atoms with van der Waals surface area (Å²) in [7, 11) is 0. The van der Waals surface area contributed by atoms with Gasteiger partial charge < -0.3 is 10.6 Å². The van der Waals surface area contributed by atoms with Crippen LogP contribution in [0.25, 0.3) is 0 Å². The third-order valence-electron chi connectivity index (χ3n) is 2.79. The fraction of sp³-hybridized carbons (Fsp3) is 0.429. The van der Waals surface area contributed by atoms with E-state index in [0.717, 1.165) is 12.0 Å². The Balaban J connectivity index is 2.43. The predicted molar refractivity (Wildman–Crippen MR) is 84.7 cm³/mol. The van der Waals surface area contributed by atoms with Crippen molar-refractivity contribution < 1.29 is 9.59 Å². The van der Waals surface area contributed by atoms with Crippen LogP contribution in [-0.2, 0) is 4.79 Å². The SMILES string of the molecule is CCCNC(=O)NC(=O)CN[C@H](C)c1ccc(Cl)cc1Cl. The zero-order valence-corrected chi connectivity index (χ0v) is 13.5. The molecule has 0 saturated heterocycles.